The lowest BCUT2D eigenvalue weighted by Gasteiger charge is -2.15. The van der Waals surface area contributed by atoms with Gasteiger partial charge in [-0.1, -0.05) is 44.2 Å². The number of nitrogens with one attached hydrogen (secondary N) is 1. The molecular formula is C26H23FN2O3. The van der Waals surface area contributed by atoms with Crippen molar-refractivity contribution in [3.05, 3.63) is 95.4 Å². The molecule has 6 heteroatoms. The number of benzene rings is 3. The maximum absolute atomic E-state index is 13.5. The molecule has 1 heterocycles. The van der Waals surface area contributed by atoms with Gasteiger partial charge in [0.2, 0.25) is 0 Å². The fourth-order valence-electron chi connectivity index (χ4n) is 3.67. The van der Waals surface area contributed by atoms with Crippen molar-refractivity contribution in [1.82, 2.24) is 0 Å². The number of hydrogen-bond donors (Lipinski definition) is 1. The summed E-state index contributed by atoms with van der Waals surface area (Å²) in [5.41, 5.74) is 2.97. The minimum Gasteiger partial charge on any atom is -0.496 e. The Labute approximate surface area is 186 Å². The van der Waals surface area contributed by atoms with Crippen molar-refractivity contribution in [2.24, 2.45) is 0 Å². The van der Waals surface area contributed by atoms with E-state index in [1.807, 2.05) is 24.3 Å². The number of imide groups is 1. The predicted molar refractivity (Wildman–Crippen MR) is 123 cm³/mol. The molecule has 2 amide bonds. The number of ether oxygens (including phenoxy) is 1. The fourth-order valence-corrected chi connectivity index (χ4v) is 3.67. The van der Waals surface area contributed by atoms with Crippen LogP contribution in [0.15, 0.2) is 78.5 Å². The van der Waals surface area contributed by atoms with Crippen LogP contribution in [0.1, 0.15) is 30.9 Å². The third kappa shape index (κ3) is 3.87. The second-order valence-electron chi connectivity index (χ2n) is 7.77. The molecule has 1 aliphatic heterocycles. The van der Waals surface area contributed by atoms with Gasteiger partial charge in [-0.2, -0.15) is 0 Å². The first-order chi connectivity index (χ1) is 15.4. The van der Waals surface area contributed by atoms with Gasteiger partial charge in [-0.15, -0.1) is 0 Å². The summed E-state index contributed by atoms with van der Waals surface area (Å²) in [5.74, 6) is -0.632. The summed E-state index contributed by atoms with van der Waals surface area (Å²) in [6.07, 6.45) is 0. The number of para-hydroxylation sites is 1. The standard InChI is InChI=1S/C26H23FN2O3/c1-16(2)17-8-12-19(13-9-17)28-24-23(21-6-4-5-7-22(21)32-3)25(30)29(26(24)31)20-14-10-18(27)11-15-20/h4-16,28H,1-3H3. The highest BCUT2D eigenvalue weighted by Gasteiger charge is 2.41. The van der Waals surface area contributed by atoms with Gasteiger partial charge in [-0.25, -0.2) is 9.29 Å². The van der Waals surface area contributed by atoms with Crippen LogP contribution in [0.25, 0.3) is 5.57 Å². The Kier molecular flexibility index (Phi) is 5.77. The van der Waals surface area contributed by atoms with E-state index in [0.29, 0.717) is 28.6 Å². The van der Waals surface area contributed by atoms with Crippen molar-refractivity contribution in [3.8, 4) is 5.75 Å². The van der Waals surface area contributed by atoms with Gasteiger partial charge in [0, 0.05) is 11.3 Å². The van der Waals surface area contributed by atoms with Crippen molar-refractivity contribution in [2.45, 2.75) is 19.8 Å². The zero-order valence-corrected chi connectivity index (χ0v) is 18.1. The average Bonchev–Trinajstić information content (AvgIpc) is 3.04. The second kappa shape index (κ2) is 8.67. The number of carbonyl (C=O) groups is 2. The molecule has 0 saturated heterocycles. The van der Waals surface area contributed by atoms with E-state index in [4.69, 9.17) is 4.74 Å². The van der Waals surface area contributed by atoms with Crippen LogP contribution in [0.4, 0.5) is 15.8 Å². The summed E-state index contributed by atoms with van der Waals surface area (Å²) < 4.78 is 18.9. The lowest BCUT2D eigenvalue weighted by molar-refractivity contribution is -0.120. The molecule has 0 saturated carbocycles. The van der Waals surface area contributed by atoms with E-state index in [-0.39, 0.29) is 11.3 Å². The number of methoxy groups -OCH3 is 1. The molecular weight excluding hydrogens is 407 g/mol. The number of anilines is 2. The van der Waals surface area contributed by atoms with Gasteiger partial charge < -0.3 is 10.1 Å². The van der Waals surface area contributed by atoms with Gasteiger partial charge in [0.15, 0.2) is 0 Å². The number of carbonyl (C=O) groups excluding carboxylic acids is 2. The Morgan fingerprint density at radius 2 is 1.53 bits per heavy atom. The van der Waals surface area contributed by atoms with E-state index in [9.17, 15) is 14.0 Å². The molecule has 5 nitrogen and oxygen atoms in total. The predicted octanol–water partition coefficient (Wildman–Crippen LogP) is 5.35. The molecule has 3 aromatic rings. The van der Waals surface area contributed by atoms with Crippen molar-refractivity contribution in [1.29, 1.82) is 0 Å². The van der Waals surface area contributed by atoms with E-state index in [1.54, 1.807) is 24.3 Å². The van der Waals surface area contributed by atoms with Crippen molar-refractivity contribution >= 4 is 28.8 Å². The highest BCUT2D eigenvalue weighted by atomic mass is 19.1. The maximum atomic E-state index is 13.5. The number of amides is 2. The minimum atomic E-state index is -0.518. The summed E-state index contributed by atoms with van der Waals surface area (Å²) in [6.45, 7) is 4.20. The van der Waals surface area contributed by atoms with Crippen LogP contribution in [0.5, 0.6) is 5.75 Å². The van der Waals surface area contributed by atoms with E-state index >= 15 is 0 Å². The third-order valence-corrected chi connectivity index (χ3v) is 5.39. The Morgan fingerprint density at radius 1 is 0.875 bits per heavy atom. The van der Waals surface area contributed by atoms with Crippen LogP contribution in [0, 0.1) is 5.82 Å². The zero-order chi connectivity index (χ0) is 22.8. The molecule has 0 aromatic heterocycles. The fraction of sp³-hybridized carbons (Fsp3) is 0.154. The summed E-state index contributed by atoms with van der Waals surface area (Å²) >= 11 is 0. The normalized spacial score (nSPS) is 13.8. The third-order valence-electron chi connectivity index (χ3n) is 5.39. The highest BCUT2D eigenvalue weighted by Crippen LogP contribution is 2.37. The first kappa shape index (κ1) is 21.3. The molecule has 0 bridgehead atoms. The molecule has 0 atom stereocenters. The van der Waals surface area contributed by atoms with Crippen LogP contribution in [-0.2, 0) is 9.59 Å². The van der Waals surface area contributed by atoms with Crippen LogP contribution in [0.3, 0.4) is 0 Å². The number of halogens is 1. The first-order valence-corrected chi connectivity index (χ1v) is 10.3. The van der Waals surface area contributed by atoms with E-state index in [0.717, 1.165) is 10.5 Å². The number of rotatable bonds is 6. The van der Waals surface area contributed by atoms with Gasteiger partial charge in [0.1, 0.15) is 17.3 Å². The topological polar surface area (TPSA) is 58.6 Å². The highest BCUT2D eigenvalue weighted by molar-refractivity contribution is 6.46. The molecule has 1 aliphatic rings. The zero-order valence-electron chi connectivity index (χ0n) is 18.1. The molecule has 0 radical (unpaired) electrons. The summed E-state index contributed by atoms with van der Waals surface area (Å²) in [5, 5.41) is 3.14. The Morgan fingerprint density at radius 3 is 2.16 bits per heavy atom. The lowest BCUT2D eigenvalue weighted by Crippen LogP contribution is -2.32. The van der Waals surface area contributed by atoms with Gasteiger partial charge in [0.25, 0.3) is 11.8 Å². The average molecular weight is 430 g/mol. The SMILES string of the molecule is COc1ccccc1C1=C(Nc2ccc(C(C)C)cc2)C(=O)N(c2ccc(F)cc2)C1=O. The molecule has 0 aliphatic carbocycles. The largest absolute Gasteiger partial charge is 0.496 e. The quantitative estimate of drug-likeness (QED) is 0.536. The molecule has 4 rings (SSSR count). The Bertz CT molecular complexity index is 1200. The second-order valence-corrected chi connectivity index (χ2v) is 7.77. The van der Waals surface area contributed by atoms with Gasteiger partial charge in [-0.3, -0.25) is 9.59 Å². The molecule has 0 fully saturated rings. The monoisotopic (exact) mass is 430 g/mol. The summed E-state index contributed by atoms with van der Waals surface area (Å²) in [7, 11) is 1.51. The minimum absolute atomic E-state index is 0.140. The van der Waals surface area contributed by atoms with Crippen LogP contribution < -0.4 is 15.0 Å². The molecule has 0 unspecified atom stereocenters. The lowest BCUT2D eigenvalue weighted by atomic mass is 10.0. The number of nitrogens with zero attached hydrogens (tertiary/aromatic N) is 1. The van der Waals surface area contributed by atoms with Crippen LogP contribution in [-0.4, -0.2) is 18.9 Å². The Balaban J connectivity index is 1.81. The van der Waals surface area contributed by atoms with Gasteiger partial charge in [0.05, 0.1) is 18.4 Å². The molecule has 32 heavy (non-hydrogen) atoms. The summed E-state index contributed by atoms with van der Waals surface area (Å²) in [4.78, 5) is 27.9. The van der Waals surface area contributed by atoms with Crippen molar-refractivity contribution < 1.29 is 18.7 Å². The van der Waals surface area contributed by atoms with Gasteiger partial charge in [-0.05, 0) is 53.9 Å². The van der Waals surface area contributed by atoms with E-state index in [2.05, 4.69) is 19.2 Å². The summed E-state index contributed by atoms with van der Waals surface area (Å²) in [6, 6.07) is 20.0. The van der Waals surface area contributed by atoms with Crippen molar-refractivity contribution in [3.63, 3.8) is 0 Å². The Hall–Kier alpha value is -3.93. The van der Waals surface area contributed by atoms with E-state index in [1.165, 1.54) is 31.4 Å². The molecule has 1 N–H and O–H groups in total. The first-order valence-electron chi connectivity index (χ1n) is 10.3. The van der Waals surface area contributed by atoms with E-state index < -0.39 is 17.6 Å². The smallest absolute Gasteiger partial charge is 0.282 e. The van der Waals surface area contributed by atoms with Crippen molar-refractivity contribution in [2.75, 3.05) is 17.3 Å². The maximum Gasteiger partial charge on any atom is 0.282 e. The van der Waals surface area contributed by atoms with Crippen LogP contribution in [0.2, 0.25) is 0 Å². The number of hydrogen-bond acceptors (Lipinski definition) is 4. The molecule has 3 aromatic carbocycles. The van der Waals surface area contributed by atoms with Gasteiger partial charge >= 0.3 is 0 Å². The molecule has 162 valence electrons. The van der Waals surface area contributed by atoms with Crippen LogP contribution >= 0.6 is 0 Å². The molecule has 0 spiro atoms.